The molecule has 0 radical (unpaired) electrons. The number of nitrogens with zero attached hydrogens (tertiary/aromatic N) is 4. The molecule has 9 aromatic carbocycles. The average Bonchev–Trinajstić information content (AvgIpc) is 3.96. The monoisotopic (exact) mass is 752 g/mol. The van der Waals surface area contributed by atoms with Crippen molar-refractivity contribution in [3.8, 4) is 34.0 Å². The second kappa shape index (κ2) is 12.2. The van der Waals surface area contributed by atoms with Gasteiger partial charge < -0.3 is 13.6 Å². The Morgan fingerprint density at radius 1 is 0.373 bits per heavy atom. The van der Waals surface area contributed by atoms with Crippen LogP contribution in [0.1, 0.15) is 0 Å². The van der Waals surface area contributed by atoms with E-state index >= 15 is 0 Å². The molecule has 0 aliphatic carbocycles. The molecule has 59 heavy (non-hydrogen) atoms. The fraction of sp³-hybridized carbons (Fsp3) is 0. The third kappa shape index (κ3) is 4.67. The lowest BCUT2D eigenvalue weighted by atomic mass is 10.0. The summed E-state index contributed by atoms with van der Waals surface area (Å²) < 4.78 is 11.4. The van der Waals surface area contributed by atoms with Crippen molar-refractivity contribution in [3.63, 3.8) is 0 Å². The van der Waals surface area contributed by atoms with Crippen molar-refractivity contribution in [1.82, 2.24) is 19.1 Å². The molecule has 0 amide bonds. The largest absolute Gasteiger partial charge is 0.456 e. The Morgan fingerprint density at radius 2 is 1.05 bits per heavy atom. The van der Waals surface area contributed by atoms with Crippen LogP contribution in [0.15, 0.2) is 199 Å². The fourth-order valence-electron chi connectivity index (χ4n) is 9.49. The number of hydrogen-bond donors (Lipinski definition) is 0. The van der Waals surface area contributed by atoms with Crippen LogP contribution in [0, 0.1) is 0 Å². The Morgan fingerprint density at radius 3 is 1.93 bits per heavy atom. The standard InChI is InChI=1S/C54H32N4O/c1-2-13-34(14-3-1)51-41-17-6-9-19-44(41)55-54(56-51)35-23-25-37(26-24-35)57-46-30-31-48-50(42-18-8-11-21-47(42)59-48)49(46)43-29-28-40-39-16-7-10-20-45(39)58(52(40)53(43)57)38-27-22-33-12-4-5-15-36(33)32-38/h1-32H. The first-order valence-corrected chi connectivity index (χ1v) is 20.0. The lowest BCUT2D eigenvalue weighted by Crippen LogP contribution is -1.99. The highest BCUT2D eigenvalue weighted by molar-refractivity contribution is 6.31. The van der Waals surface area contributed by atoms with Gasteiger partial charge in [0.05, 0.1) is 33.3 Å². The van der Waals surface area contributed by atoms with Crippen molar-refractivity contribution in [2.75, 3.05) is 0 Å². The topological polar surface area (TPSA) is 48.8 Å². The highest BCUT2D eigenvalue weighted by Crippen LogP contribution is 2.46. The first-order valence-electron chi connectivity index (χ1n) is 20.0. The van der Waals surface area contributed by atoms with Crippen LogP contribution in [0.3, 0.4) is 0 Å². The SMILES string of the molecule is c1ccc(-c2nc(-c3ccc(-n4c5ccc6oc7ccccc7c6c5c5ccc6c7ccccc7n(-c7ccc8ccccc8c7)c6c54)cc3)nc3ccccc23)cc1. The summed E-state index contributed by atoms with van der Waals surface area (Å²) in [5.41, 5.74) is 12.4. The maximum Gasteiger partial charge on any atom is 0.160 e. The molecule has 0 saturated heterocycles. The molecule has 0 aliphatic heterocycles. The third-order valence-corrected chi connectivity index (χ3v) is 12.1. The Labute approximate surface area is 337 Å². The highest BCUT2D eigenvalue weighted by Gasteiger charge is 2.24. The number of hydrogen-bond acceptors (Lipinski definition) is 3. The number of benzene rings is 9. The Hall–Kier alpha value is -8.02. The van der Waals surface area contributed by atoms with Gasteiger partial charge in [-0.05, 0) is 77.5 Å². The molecule has 0 spiro atoms. The van der Waals surface area contributed by atoms with Gasteiger partial charge in [-0.2, -0.15) is 0 Å². The van der Waals surface area contributed by atoms with Crippen molar-refractivity contribution in [2.24, 2.45) is 0 Å². The van der Waals surface area contributed by atoms with Crippen LogP contribution >= 0.6 is 0 Å². The van der Waals surface area contributed by atoms with E-state index in [0.717, 1.165) is 77.6 Å². The zero-order chi connectivity index (χ0) is 38.6. The van der Waals surface area contributed by atoms with Crippen molar-refractivity contribution in [3.05, 3.63) is 194 Å². The predicted molar refractivity (Wildman–Crippen MR) is 244 cm³/mol. The number of fused-ring (bicyclic) bond motifs is 13. The van der Waals surface area contributed by atoms with E-state index in [9.17, 15) is 0 Å². The van der Waals surface area contributed by atoms with Gasteiger partial charge in [0.25, 0.3) is 0 Å². The van der Waals surface area contributed by atoms with Crippen molar-refractivity contribution in [2.45, 2.75) is 0 Å². The van der Waals surface area contributed by atoms with E-state index in [4.69, 9.17) is 14.4 Å². The highest BCUT2D eigenvalue weighted by atomic mass is 16.3. The molecule has 0 saturated carbocycles. The normalized spacial score (nSPS) is 12.1. The number of rotatable bonds is 4. The van der Waals surface area contributed by atoms with E-state index in [-0.39, 0.29) is 0 Å². The Bertz CT molecular complexity index is 3830. The maximum absolute atomic E-state index is 6.50. The van der Waals surface area contributed by atoms with Crippen LogP contribution in [0.25, 0.3) is 121 Å². The summed E-state index contributed by atoms with van der Waals surface area (Å²) in [5.74, 6) is 0.696. The van der Waals surface area contributed by atoms with Crippen LogP contribution in [-0.2, 0) is 0 Å². The average molecular weight is 753 g/mol. The third-order valence-electron chi connectivity index (χ3n) is 12.1. The van der Waals surface area contributed by atoms with Crippen LogP contribution in [0.2, 0.25) is 0 Å². The first-order chi connectivity index (χ1) is 29.3. The minimum Gasteiger partial charge on any atom is -0.456 e. The van der Waals surface area contributed by atoms with Gasteiger partial charge in [0.15, 0.2) is 5.82 Å². The van der Waals surface area contributed by atoms with E-state index in [1.54, 1.807) is 0 Å². The minimum absolute atomic E-state index is 0.696. The van der Waals surface area contributed by atoms with Gasteiger partial charge in [-0.25, -0.2) is 9.97 Å². The van der Waals surface area contributed by atoms with Crippen LogP contribution in [0.4, 0.5) is 0 Å². The molecule has 4 aromatic heterocycles. The summed E-state index contributed by atoms with van der Waals surface area (Å²) in [7, 11) is 0. The van der Waals surface area contributed by atoms with Crippen molar-refractivity contribution >= 4 is 87.2 Å². The van der Waals surface area contributed by atoms with Crippen LogP contribution in [0.5, 0.6) is 0 Å². The molecule has 0 N–H and O–H groups in total. The zero-order valence-corrected chi connectivity index (χ0v) is 31.7. The molecular weight excluding hydrogens is 721 g/mol. The van der Waals surface area contributed by atoms with Gasteiger partial charge in [0.1, 0.15) is 11.2 Å². The Balaban J connectivity index is 1.12. The summed E-state index contributed by atoms with van der Waals surface area (Å²) in [6, 6.07) is 68.9. The van der Waals surface area contributed by atoms with Gasteiger partial charge in [-0.15, -0.1) is 0 Å². The second-order valence-electron chi connectivity index (χ2n) is 15.3. The van der Waals surface area contributed by atoms with Crippen molar-refractivity contribution in [1.29, 1.82) is 0 Å². The quantitative estimate of drug-likeness (QED) is 0.180. The summed E-state index contributed by atoms with van der Waals surface area (Å²) >= 11 is 0. The van der Waals surface area contributed by atoms with E-state index in [0.29, 0.717) is 5.82 Å². The van der Waals surface area contributed by atoms with Gasteiger partial charge >= 0.3 is 0 Å². The van der Waals surface area contributed by atoms with Gasteiger partial charge in [0, 0.05) is 60.2 Å². The predicted octanol–water partition coefficient (Wildman–Crippen LogP) is 14.2. The molecule has 0 unspecified atom stereocenters. The molecule has 4 heterocycles. The van der Waals surface area contributed by atoms with Gasteiger partial charge in [0.2, 0.25) is 0 Å². The van der Waals surface area contributed by atoms with E-state index in [2.05, 4.69) is 185 Å². The summed E-state index contributed by atoms with van der Waals surface area (Å²) in [4.78, 5) is 10.3. The summed E-state index contributed by atoms with van der Waals surface area (Å²) in [6.45, 7) is 0. The number of furan rings is 1. The lowest BCUT2D eigenvalue weighted by molar-refractivity contribution is 0.669. The molecule has 0 bridgehead atoms. The van der Waals surface area contributed by atoms with Gasteiger partial charge in [-0.3, -0.25) is 0 Å². The van der Waals surface area contributed by atoms with Gasteiger partial charge in [-0.1, -0.05) is 127 Å². The molecule has 0 aliphatic rings. The van der Waals surface area contributed by atoms with E-state index in [1.165, 1.54) is 37.8 Å². The molecule has 274 valence electrons. The molecule has 13 aromatic rings. The van der Waals surface area contributed by atoms with Crippen LogP contribution in [-0.4, -0.2) is 19.1 Å². The number of para-hydroxylation sites is 3. The van der Waals surface area contributed by atoms with E-state index in [1.807, 2.05) is 18.2 Å². The molecule has 13 rings (SSSR count). The zero-order valence-electron chi connectivity index (χ0n) is 31.7. The molecular formula is C54H32N4O. The summed E-state index contributed by atoms with van der Waals surface area (Å²) in [6.07, 6.45) is 0. The molecule has 5 nitrogen and oxygen atoms in total. The number of aromatic nitrogens is 4. The van der Waals surface area contributed by atoms with E-state index < -0.39 is 0 Å². The first kappa shape index (κ1) is 32.1. The molecule has 0 atom stereocenters. The minimum atomic E-state index is 0.696. The summed E-state index contributed by atoms with van der Waals surface area (Å²) in [5, 5.41) is 10.5. The smallest absolute Gasteiger partial charge is 0.160 e. The molecule has 5 heteroatoms. The molecule has 0 fully saturated rings. The second-order valence-corrected chi connectivity index (χ2v) is 15.3. The maximum atomic E-state index is 6.50. The lowest BCUT2D eigenvalue weighted by Gasteiger charge is -2.14. The fourth-order valence-corrected chi connectivity index (χ4v) is 9.49. The van der Waals surface area contributed by atoms with Crippen molar-refractivity contribution < 1.29 is 4.42 Å². The Kier molecular flexibility index (Phi) is 6.66. The van der Waals surface area contributed by atoms with Crippen LogP contribution < -0.4 is 0 Å².